The highest BCUT2D eigenvalue weighted by Crippen LogP contribution is 2.42. The Morgan fingerprint density at radius 1 is 1.22 bits per heavy atom. The lowest BCUT2D eigenvalue weighted by Gasteiger charge is -2.37. The summed E-state index contributed by atoms with van der Waals surface area (Å²) in [4.78, 5) is 2.48. The second-order valence-corrected chi connectivity index (χ2v) is 10.4. The van der Waals surface area contributed by atoms with Crippen molar-refractivity contribution < 1.29 is 8.42 Å². The second-order valence-electron chi connectivity index (χ2n) is 8.34. The molecule has 0 aromatic heterocycles. The largest absolute Gasteiger partial charge is 0.302 e. The van der Waals surface area contributed by atoms with Gasteiger partial charge in [-0.15, -0.1) is 0 Å². The molecule has 1 atom stereocenters. The van der Waals surface area contributed by atoms with Gasteiger partial charge in [0.2, 0.25) is 0 Å². The lowest BCUT2D eigenvalue weighted by molar-refractivity contribution is 0.249. The van der Waals surface area contributed by atoms with Crippen LogP contribution in [-0.2, 0) is 16.3 Å². The molecule has 3 fully saturated rings. The SMILES string of the molecule is C[C@H](Cc1ccc(C2CC2)cc1)CN1CCC2(C1)CS(=O)(=O)C2. The van der Waals surface area contributed by atoms with E-state index in [2.05, 4.69) is 36.1 Å². The maximum atomic E-state index is 11.5. The summed E-state index contributed by atoms with van der Waals surface area (Å²) in [5.74, 6) is 2.30. The normalized spacial score (nSPS) is 27.0. The van der Waals surface area contributed by atoms with Crippen molar-refractivity contribution in [1.29, 1.82) is 0 Å². The average molecular weight is 333 g/mol. The molecule has 0 radical (unpaired) electrons. The van der Waals surface area contributed by atoms with Gasteiger partial charge in [0.25, 0.3) is 0 Å². The van der Waals surface area contributed by atoms with Crippen molar-refractivity contribution in [2.75, 3.05) is 31.1 Å². The van der Waals surface area contributed by atoms with Gasteiger partial charge in [-0.2, -0.15) is 0 Å². The molecule has 23 heavy (non-hydrogen) atoms. The Labute approximate surface area is 140 Å². The molecule has 126 valence electrons. The van der Waals surface area contributed by atoms with Gasteiger partial charge in [0.1, 0.15) is 0 Å². The molecular weight excluding hydrogens is 306 g/mol. The van der Waals surface area contributed by atoms with Crippen LogP contribution in [-0.4, -0.2) is 44.5 Å². The Morgan fingerprint density at radius 2 is 1.91 bits per heavy atom. The zero-order valence-corrected chi connectivity index (χ0v) is 14.8. The fourth-order valence-corrected chi connectivity index (χ4v) is 6.81. The maximum Gasteiger partial charge on any atom is 0.151 e. The Hall–Kier alpha value is -0.870. The summed E-state index contributed by atoms with van der Waals surface area (Å²) in [5, 5.41) is 0. The third-order valence-electron chi connectivity index (χ3n) is 5.75. The van der Waals surface area contributed by atoms with Crippen LogP contribution in [0, 0.1) is 11.3 Å². The number of likely N-dealkylation sites (tertiary alicyclic amines) is 1. The third kappa shape index (κ3) is 3.48. The summed E-state index contributed by atoms with van der Waals surface area (Å²) in [5.41, 5.74) is 3.04. The topological polar surface area (TPSA) is 37.4 Å². The van der Waals surface area contributed by atoms with E-state index in [4.69, 9.17) is 0 Å². The van der Waals surface area contributed by atoms with Gasteiger partial charge in [-0.3, -0.25) is 0 Å². The van der Waals surface area contributed by atoms with Crippen LogP contribution in [0.3, 0.4) is 0 Å². The molecule has 1 aromatic rings. The van der Waals surface area contributed by atoms with Gasteiger partial charge < -0.3 is 4.90 Å². The van der Waals surface area contributed by atoms with Crippen molar-refractivity contribution >= 4 is 9.84 Å². The molecular formula is C19H27NO2S. The van der Waals surface area contributed by atoms with Crippen LogP contribution in [0.25, 0.3) is 0 Å². The monoisotopic (exact) mass is 333 g/mol. The molecule has 0 N–H and O–H groups in total. The quantitative estimate of drug-likeness (QED) is 0.831. The first kappa shape index (κ1) is 15.6. The molecule has 1 spiro atoms. The van der Waals surface area contributed by atoms with E-state index in [1.54, 1.807) is 0 Å². The number of rotatable bonds is 5. The minimum atomic E-state index is -2.71. The number of hydrogen-bond acceptors (Lipinski definition) is 3. The molecule has 2 aliphatic heterocycles. The van der Waals surface area contributed by atoms with Crippen LogP contribution in [0.1, 0.15) is 43.2 Å². The van der Waals surface area contributed by atoms with E-state index in [1.807, 2.05) is 0 Å². The summed E-state index contributed by atoms with van der Waals surface area (Å²) >= 11 is 0. The van der Waals surface area contributed by atoms with Crippen molar-refractivity contribution in [3.8, 4) is 0 Å². The molecule has 2 heterocycles. The van der Waals surface area contributed by atoms with E-state index < -0.39 is 9.84 Å². The van der Waals surface area contributed by atoms with Gasteiger partial charge in [0.05, 0.1) is 11.5 Å². The van der Waals surface area contributed by atoms with Crippen LogP contribution in [0.5, 0.6) is 0 Å². The first-order valence-corrected chi connectivity index (χ1v) is 10.8. The Morgan fingerprint density at radius 3 is 2.52 bits per heavy atom. The molecule has 0 amide bonds. The van der Waals surface area contributed by atoms with Gasteiger partial charge in [-0.1, -0.05) is 31.2 Å². The highest BCUT2D eigenvalue weighted by Gasteiger charge is 2.51. The lowest BCUT2D eigenvalue weighted by Crippen LogP contribution is -2.50. The van der Waals surface area contributed by atoms with Gasteiger partial charge in [0.15, 0.2) is 9.84 Å². The van der Waals surface area contributed by atoms with E-state index in [0.29, 0.717) is 17.4 Å². The minimum absolute atomic E-state index is 0.102. The van der Waals surface area contributed by atoms with Gasteiger partial charge in [0, 0.05) is 18.5 Å². The molecule has 0 bridgehead atoms. The van der Waals surface area contributed by atoms with Crippen LogP contribution < -0.4 is 0 Å². The van der Waals surface area contributed by atoms with Crippen molar-refractivity contribution in [3.05, 3.63) is 35.4 Å². The highest BCUT2D eigenvalue weighted by molar-refractivity contribution is 7.92. The van der Waals surface area contributed by atoms with Crippen molar-refractivity contribution in [1.82, 2.24) is 4.90 Å². The van der Waals surface area contributed by atoms with E-state index >= 15 is 0 Å². The second kappa shape index (κ2) is 5.59. The zero-order chi connectivity index (χ0) is 16.1. The van der Waals surface area contributed by atoms with Crippen LogP contribution in [0.4, 0.5) is 0 Å². The smallest absolute Gasteiger partial charge is 0.151 e. The van der Waals surface area contributed by atoms with E-state index in [-0.39, 0.29) is 5.41 Å². The summed E-state index contributed by atoms with van der Waals surface area (Å²) in [6.45, 7) is 5.46. The average Bonchev–Trinajstić information content (AvgIpc) is 3.22. The standard InChI is InChI=1S/C19H27NO2S/c1-15(10-16-2-4-17(5-3-16)18-6-7-18)11-20-9-8-19(12-20)13-23(21,22)14-19/h2-5,15,18H,6-14H2,1H3/t15-/m1/s1. The molecule has 4 rings (SSSR count). The fourth-order valence-electron chi connectivity index (χ4n) is 4.56. The van der Waals surface area contributed by atoms with E-state index in [1.165, 1.54) is 24.0 Å². The van der Waals surface area contributed by atoms with Crippen LogP contribution >= 0.6 is 0 Å². The Bertz CT molecular complexity index is 664. The molecule has 2 saturated heterocycles. The van der Waals surface area contributed by atoms with Gasteiger partial charge in [-0.25, -0.2) is 8.42 Å². The predicted octanol–water partition coefficient (Wildman–Crippen LogP) is 2.86. The first-order chi connectivity index (χ1) is 10.9. The lowest BCUT2D eigenvalue weighted by atomic mass is 9.91. The zero-order valence-electron chi connectivity index (χ0n) is 14.0. The highest BCUT2D eigenvalue weighted by atomic mass is 32.2. The Kier molecular flexibility index (Phi) is 3.80. The third-order valence-corrected chi connectivity index (χ3v) is 7.86. The molecule has 0 unspecified atom stereocenters. The van der Waals surface area contributed by atoms with Crippen LogP contribution in [0.2, 0.25) is 0 Å². The molecule has 3 nitrogen and oxygen atoms in total. The first-order valence-electron chi connectivity index (χ1n) is 8.95. The molecule has 1 aromatic carbocycles. The number of hydrogen-bond donors (Lipinski definition) is 0. The van der Waals surface area contributed by atoms with E-state index in [0.717, 1.165) is 38.4 Å². The summed E-state index contributed by atoms with van der Waals surface area (Å²) in [7, 11) is -2.71. The Balaban J connectivity index is 1.28. The number of nitrogens with zero attached hydrogens (tertiary/aromatic N) is 1. The van der Waals surface area contributed by atoms with Crippen LogP contribution in [0.15, 0.2) is 24.3 Å². The summed E-state index contributed by atoms with van der Waals surface area (Å²) < 4.78 is 23.0. The van der Waals surface area contributed by atoms with Crippen molar-refractivity contribution in [3.63, 3.8) is 0 Å². The molecule has 3 aliphatic rings. The summed E-state index contributed by atoms with van der Waals surface area (Å²) in [6.07, 6.45) is 4.91. The number of sulfone groups is 1. The predicted molar refractivity (Wildman–Crippen MR) is 93.4 cm³/mol. The van der Waals surface area contributed by atoms with Crippen molar-refractivity contribution in [2.24, 2.45) is 11.3 Å². The number of benzene rings is 1. The summed E-state index contributed by atoms with van der Waals surface area (Å²) in [6, 6.07) is 9.22. The van der Waals surface area contributed by atoms with Crippen molar-refractivity contribution in [2.45, 2.75) is 38.5 Å². The van der Waals surface area contributed by atoms with Gasteiger partial charge >= 0.3 is 0 Å². The van der Waals surface area contributed by atoms with E-state index in [9.17, 15) is 8.42 Å². The minimum Gasteiger partial charge on any atom is -0.302 e. The van der Waals surface area contributed by atoms with Gasteiger partial charge in [-0.05, 0) is 55.2 Å². The fraction of sp³-hybridized carbons (Fsp3) is 0.684. The maximum absolute atomic E-state index is 11.5. The molecule has 1 aliphatic carbocycles. The molecule has 1 saturated carbocycles. The molecule has 4 heteroatoms.